The van der Waals surface area contributed by atoms with Crippen molar-refractivity contribution in [2.45, 2.75) is 59.3 Å². The zero-order chi connectivity index (χ0) is 20.9. The summed E-state index contributed by atoms with van der Waals surface area (Å²) in [7, 11) is 0. The molecular formula is C23H26BrO4-. The average Bonchev–Trinajstić information content (AvgIpc) is 2.50. The molecule has 0 heterocycles. The molecule has 0 aliphatic heterocycles. The first-order chi connectivity index (χ1) is 12.9. The van der Waals surface area contributed by atoms with Gasteiger partial charge in [0.1, 0.15) is 5.76 Å². The van der Waals surface area contributed by atoms with Crippen LogP contribution in [0.3, 0.4) is 0 Å². The maximum Gasteiger partial charge on any atom is 0.163 e. The fraction of sp³-hybridized carbons (Fsp3) is 0.478. The second-order valence-electron chi connectivity index (χ2n) is 9.56. The molecule has 2 aliphatic rings. The Morgan fingerprint density at radius 2 is 1.39 bits per heavy atom. The lowest BCUT2D eigenvalue weighted by Gasteiger charge is -2.40. The van der Waals surface area contributed by atoms with Crippen molar-refractivity contribution in [2.24, 2.45) is 10.8 Å². The van der Waals surface area contributed by atoms with E-state index in [1.807, 2.05) is 39.8 Å². The molecule has 1 N–H and O–H groups in total. The maximum atomic E-state index is 13.0. The van der Waals surface area contributed by atoms with Crippen LogP contribution >= 0.6 is 15.9 Å². The van der Waals surface area contributed by atoms with Crippen LogP contribution in [0.15, 0.2) is 51.4 Å². The molecule has 0 amide bonds. The van der Waals surface area contributed by atoms with Gasteiger partial charge in [0.25, 0.3) is 0 Å². The number of aliphatic hydroxyl groups is 1. The van der Waals surface area contributed by atoms with Crippen LogP contribution in [0.2, 0.25) is 0 Å². The summed E-state index contributed by atoms with van der Waals surface area (Å²) in [5.41, 5.74) is 0.280. The number of allylic oxidation sites excluding steroid dienone is 4. The Balaban J connectivity index is 2.22. The highest BCUT2D eigenvalue weighted by atomic mass is 79.9. The summed E-state index contributed by atoms with van der Waals surface area (Å²) in [5, 5.41) is 23.8. The summed E-state index contributed by atoms with van der Waals surface area (Å²) < 4.78 is 0.858. The molecule has 0 fully saturated rings. The predicted octanol–water partition coefficient (Wildman–Crippen LogP) is 4.74. The van der Waals surface area contributed by atoms with Crippen LogP contribution in [0.25, 0.3) is 0 Å². The number of ketones is 2. The van der Waals surface area contributed by atoms with Gasteiger partial charge in [-0.05, 0) is 40.5 Å². The predicted molar refractivity (Wildman–Crippen MR) is 110 cm³/mol. The highest BCUT2D eigenvalue weighted by Crippen LogP contribution is 2.47. The third kappa shape index (κ3) is 4.09. The first-order valence-corrected chi connectivity index (χ1v) is 10.3. The zero-order valence-corrected chi connectivity index (χ0v) is 18.4. The molecule has 1 atom stereocenters. The van der Waals surface area contributed by atoms with Crippen LogP contribution in [0, 0.1) is 10.8 Å². The molecule has 1 aromatic rings. The summed E-state index contributed by atoms with van der Waals surface area (Å²) in [6.07, 6.45) is 1.15. The number of halogens is 1. The van der Waals surface area contributed by atoms with E-state index in [0.717, 1.165) is 4.47 Å². The van der Waals surface area contributed by atoms with E-state index in [1.165, 1.54) is 0 Å². The van der Waals surface area contributed by atoms with E-state index >= 15 is 0 Å². The van der Waals surface area contributed by atoms with Crippen molar-refractivity contribution in [3.8, 4) is 0 Å². The SMILES string of the molecule is CC1(C)CC(=O)C(C(C2=C(O)CC(C)(C)CC2=O)c2ccc(Br)cc2)=C([O-])C1. The molecule has 150 valence electrons. The number of benzene rings is 1. The zero-order valence-electron chi connectivity index (χ0n) is 16.8. The number of carbonyl (C=O) groups is 2. The van der Waals surface area contributed by atoms with Crippen molar-refractivity contribution in [3.63, 3.8) is 0 Å². The Morgan fingerprint density at radius 3 is 1.89 bits per heavy atom. The van der Waals surface area contributed by atoms with Gasteiger partial charge in [-0.3, -0.25) is 9.59 Å². The molecule has 28 heavy (non-hydrogen) atoms. The fourth-order valence-electron chi connectivity index (χ4n) is 4.36. The second-order valence-corrected chi connectivity index (χ2v) is 10.5. The highest BCUT2D eigenvalue weighted by molar-refractivity contribution is 9.10. The minimum absolute atomic E-state index is 0.00731. The lowest BCUT2D eigenvalue weighted by molar-refractivity contribution is -0.312. The number of hydrogen-bond donors (Lipinski definition) is 1. The molecule has 1 unspecified atom stereocenters. The van der Waals surface area contributed by atoms with Crippen molar-refractivity contribution < 1.29 is 19.8 Å². The van der Waals surface area contributed by atoms with Crippen molar-refractivity contribution in [2.75, 3.05) is 0 Å². The number of carbonyl (C=O) groups excluding carboxylic acids is 2. The van der Waals surface area contributed by atoms with Gasteiger partial charge in [-0.25, -0.2) is 0 Å². The summed E-state index contributed by atoms with van der Waals surface area (Å²) in [5.74, 6) is -1.47. The Labute approximate surface area is 174 Å². The van der Waals surface area contributed by atoms with Gasteiger partial charge in [0.2, 0.25) is 0 Å². The van der Waals surface area contributed by atoms with E-state index in [4.69, 9.17) is 0 Å². The Bertz CT molecular complexity index is 836. The van der Waals surface area contributed by atoms with Crippen LogP contribution in [0.1, 0.15) is 64.9 Å². The first kappa shape index (κ1) is 20.8. The lowest BCUT2D eigenvalue weighted by Crippen LogP contribution is -2.35. The third-order valence-electron chi connectivity index (χ3n) is 5.56. The molecule has 0 spiro atoms. The quantitative estimate of drug-likeness (QED) is 0.728. The molecule has 4 nitrogen and oxygen atoms in total. The lowest BCUT2D eigenvalue weighted by atomic mass is 9.67. The van der Waals surface area contributed by atoms with E-state index in [0.29, 0.717) is 12.0 Å². The van der Waals surface area contributed by atoms with Gasteiger partial charge in [0.05, 0.1) is 0 Å². The molecule has 0 aromatic heterocycles. The van der Waals surface area contributed by atoms with Crippen LogP contribution in [0.4, 0.5) is 0 Å². The Morgan fingerprint density at radius 1 is 0.893 bits per heavy atom. The molecular weight excluding hydrogens is 420 g/mol. The summed E-state index contributed by atoms with van der Waals surface area (Å²) in [4.78, 5) is 26.0. The van der Waals surface area contributed by atoms with Crippen molar-refractivity contribution in [3.05, 3.63) is 57.0 Å². The minimum Gasteiger partial charge on any atom is -0.875 e. The Kier molecular flexibility index (Phi) is 5.34. The second kappa shape index (κ2) is 7.18. The van der Waals surface area contributed by atoms with Crippen molar-refractivity contribution in [1.29, 1.82) is 0 Å². The van der Waals surface area contributed by atoms with Crippen molar-refractivity contribution >= 4 is 27.5 Å². The molecule has 5 heteroatoms. The van der Waals surface area contributed by atoms with Crippen LogP contribution < -0.4 is 5.11 Å². The molecule has 3 rings (SSSR count). The van der Waals surface area contributed by atoms with E-state index in [9.17, 15) is 19.8 Å². The number of Topliss-reactive ketones (excluding diaryl/α,β-unsaturated/α-hetero) is 2. The van der Waals surface area contributed by atoms with Crippen molar-refractivity contribution in [1.82, 2.24) is 0 Å². The summed E-state index contributed by atoms with van der Waals surface area (Å²) in [6.45, 7) is 7.66. The molecule has 1 aromatic carbocycles. The molecule has 0 bridgehead atoms. The minimum atomic E-state index is -0.812. The van der Waals surface area contributed by atoms with Gasteiger partial charge < -0.3 is 10.2 Å². The summed E-state index contributed by atoms with van der Waals surface area (Å²) >= 11 is 3.39. The van der Waals surface area contributed by atoms with E-state index < -0.39 is 11.3 Å². The van der Waals surface area contributed by atoms with Gasteiger partial charge >= 0.3 is 0 Å². The van der Waals surface area contributed by atoms with Gasteiger partial charge in [0.15, 0.2) is 11.6 Å². The summed E-state index contributed by atoms with van der Waals surface area (Å²) in [6, 6.07) is 7.24. The van der Waals surface area contributed by atoms with Crippen LogP contribution in [-0.4, -0.2) is 16.7 Å². The molecule has 0 saturated carbocycles. The van der Waals surface area contributed by atoms with Gasteiger partial charge in [-0.2, -0.15) is 0 Å². The van der Waals surface area contributed by atoms with E-state index in [2.05, 4.69) is 15.9 Å². The molecule has 0 radical (unpaired) electrons. The topological polar surface area (TPSA) is 77.4 Å². The van der Waals surface area contributed by atoms with Crippen LogP contribution in [-0.2, 0) is 9.59 Å². The third-order valence-corrected chi connectivity index (χ3v) is 6.08. The Hall–Kier alpha value is -1.88. The number of rotatable bonds is 3. The van der Waals surface area contributed by atoms with E-state index in [-0.39, 0.29) is 58.9 Å². The normalized spacial score (nSPS) is 23.2. The molecule has 0 saturated heterocycles. The number of hydrogen-bond acceptors (Lipinski definition) is 4. The smallest absolute Gasteiger partial charge is 0.163 e. The number of aliphatic hydroxyl groups excluding tert-OH is 1. The van der Waals surface area contributed by atoms with Crippen LogP contribution in [0.5, 0.6) is 0 Å². The van der Waals surface area contributed by atoms with Gasteiger partial charge in [-0.1, -0.05) is 55.8 Å². The maximum absolute atomic E-state index is 13.0. The first-order valence-electron chi connectivity index (χ1n) is 9.54. The molecule has 2 aliphatic carbocycles. The highest BCUT2D eigenvalue weighted by Gasteiger charge is 2.41. The monoisotopic (exact) mass is 445 g/mol. The standard InChI is InChI=1S/C23H27BrO4/c1-22(2)9-15(25)20(16(26)10-22)19(13-5-7-14(24)8-6-13)21-17(27)11-23(3,4)12-18(21)28/h5-8,19,25,27H,9-12H2,1-4H3/p-1. The fourth-order valence-corrected chi connectivity index (χ4v) is 4.63. The van der Waals surface area contributed by atoms with Gasteiger partial charge in [0, 0.05) is 35.2 Å². The van der Waals surface area contributed by atoms with Gasteiger partial charge in [-0.15, -0.1) is 5.76 Å². The van der Waals surface area contributed by atoms with E-state index in [1.54, 1.807) is 12.1 Å². The average molecular weight is 446 g/mol. The largest absolute Gasteiger partial charge is 0.875 e.